The summed E-state index contributed by atoms with van der Waals surface area (Å²) < 4.78 is 0. The normalized spacial score (nSPS) is 37.4. The number of carbonyl (C=O) groups excluding carboxylic acids is 1. The van der Waals surface area contributed by atoms with Crippen LogP contribution in [0, 0.1) is 23.7 Å². The van der Waals surface area contributed by atoms with Crippen molar-refractivity contribution in [3.8, 4) is 0 Å². The second kappa shape index (κ2) is 7.11. The minimum absolute atomic E-state index is 0.294. The lowest BCUT2D eigenvalue weighted by molar-refractivity contribution is -0.126. The highest BCUT2D eigenvalue weighted by molar-refractivity contribution is 5.78. The summed E-state index contributed by atoms with van der Waals surface area (Å²) in [7, 11) is 0. The van der Waals surface area contributed by atoms with Gasteiger partial charge < -0.3 is 5.32 Å². The summed E-state index contributed by atoms with van der Waals surface area (Å²) in [5.41, 5.74) is 3.57. The third-order valence-electron chi connectivity index (χ3n) is 9.42. The van der Waals surface area contributed by atoms with Gasteiger partial charge in [0.15, 0.2) is 0 Å². The van der Waals surface area contributed by atoms with Gasteiger partial charge in [-0.2, -0.15) is 0 Å². The van der Waals surface area contributed by atoms with E-state index in [0.29, 0.717) is 23.9 Å². The van der Waals surface area contributed by atoms with Crippen LogP contribution in [0.1, 0.15) is 68.9 Å². The van der Waals surface area contributed by atoms with Gasteiger partial charge in [0.25, 0.3) is 0 Å². The first-order chi connectivity index (χ1) is 14.2. The van der Waals surface area contributed by atoms with Crippen molar-refractivity contribution in [2.45, 2.75) is 75.7 Å². The smallest absolute Gasteiger partial charge is 0.234 e. The highest BCUT2D eigenvalue weighted by Gasteiger charge is 2.48. The Labute approximate surface area is 175 Å². The number of rotatable bonds is 3. The van der Waals surface area contributed by atoms with Gasteiger partial charge in [-0.25, -0.2) is 0 Å². The number of fused-ring (bicyclic) bond motifs is 2. The number of hydrogen-bond donors (Lipinski definition) is 1. The molecular weight excluding hydrogens is 356 g/mol. The summed E-state index contributed by atoms with van der Waals surface area (Å²) in [5.74, 6) is 3.80. The number of aryl methyl sites for hydroxylation is 1. The predicted octanol–water partition coefficient (Wildman–Crippen LogP) is 4.30. The lowest BCUT2D eigenvalue weighted by Crippen LogP contribution is -2.57. The quantitative estimate of drug-likeness (QED) is 0.832. The molecule has 1 aliphatic heterocycles. The van der Waals surface area contributed by atoms with E-state index < -0.39 is 0 Å². The van der Waals surface area contributed by atoms with E-state index in [1.165, 1.54) is 64.2 Å². The Hall–Kier alpha value is -1.35. The number of nitrogens with one attached hydrogen (secondary N) is 1. The molecule has 156 valence electrons. The van der Waals surface area contributed by atoms with Crippen LogP contribution in [-0.2, 0) is 16.6 Å². The van der Waals surface area contributed by atoms with Gasteiger partial charge >= 0.3 is 0 Å². The second-order valence-corrected chi connectivity index (χ2v) is 11.1. The number of amides is 1. The van der Waals surface area contributed by atoms with Gasteiger partial charge in [-0.1, -0.05) is 24.3 Å². The topological polar surface area (TPSA) is 32.3 Å². The zero-order valence-corrected chi connectivity index (χ0v) is 17.7. The number of piperidine rings is 1. The molecule has 1 aromatic rings. The van der Waals surface area contributed by atoms with E-state index >= 15 is 0 Å². The van der Waals surface area contributed by atoms with Crippen molar-refractivity contribution in [1.29, 1.82) is 0 Å². The average Bonchev–Trinajstić information content (AvgIpc) is 2.72. The molecule has 1 aromatic carbocycles. The lowest BCUT2D eigenvalue weighted by Gasteiger charge is -2.54. The Morgan fingerprint density at radius 3 is 2.38 bits per heavy atom. The molecule has 5 fully saturated rings. The molecule has 4 saturated carbocycles. The summed E-state index contributed by atoms with van der Waals surface area (Å²) in [6.45, 7) is 2.76. The molecule has 0 atom stereocenters. The third-order valence-corrected chi connectivity index (χ3v) is 9.42. The maximum atomic E-state index is 12.9. The molecule has 3 nitrogen and oxygen atoms in total. The van der Waals surface area contributed by atoms with E-state index in [2.05, 4.69) is 34.5 Å². The first-order valence-electron chi connectivity index (χ1n) is 12.3. The molecule has 1 saturated heterocycles. The summed E-state index contributed by atoms with van der Waals surface area (Å²) in [5, 5.41) is 3.52. The molecule has 1 N–H and O–H groups in total. The minimum Gasteiger partial charge on any atom is -0.352 e. The molecule has 3 heteroatoms. The fourth-order valence-corrected chi connectivity index (χ4v) is 8.26. The van der Waals surface area contributed by atoms with Gasteiger partial charge in [-0.05, 0) is 118 Å². The van der Waals surface area contributed by atoms with E-state index in [0.717, 1.165) is 36.8 Å². The molecule has 0 radical (unpaired) electrons. The number of hydrogen-bond acceptors (Lipinski definition) is 2. The van der Waals surface area contributed by atoms with Gasteiger partial charge in [-0.15, -0.1) is 0 Å². The van der Waals surface area contributed by atoms with Crippen LogP contribution in [0.4, 0.5) is 0 Å². The minimum atomic E-state index is 0.294. The van der Waals surface area contributed by atoms with Crippen LogP contribution in [0.2, 0.25) is 0 Å². The third kappa shape index (κ3) is 3.24. The molecule has 1 heterocycles. The van der Waals surface area contributed by atoms with Crippen molar-refractivity contribution < 1.29 is 4.79 Å². The van der Waals surface area contributed by atoms with Crippen LogP contribution in [-0.4, -0.2) is 36.5 Å². The Morgan fingerprint density at radius 2 is 1.66 bits per heavy atom. The fourth-order valence-electron chi connectivity index (χ4n) is 8.26. The highest BCUT2D eigenvalue weighted by atomic mass is 16.2. The predicted molar refractivity (Wildman–Crippen MR) is 116 cm³/mol. The number of carbonyl (C=O) groups is 1. The van der Waals surface area contributed by atoms with Gasteiger partial charge in [-0.3, -0.25) is 9.69 Å². The molecular formula is C26H36N2O. The SMILES string of the molecule is O=C(CN1CCC2(CCCc3ccccc32)CC1)NC1C2CC3CC(C2)CC1C3. The van der Waals surface area contributed by atoms with Crippen LogP contribution in [0.15, 0.2) is 24.3 Å². The maximum Gasteiger partial charge on any atom is 0.234 e. The van der Waals surface area contributed by atoms with Crippen molar-refractivity contribution in [1.82, 2.24) is 10.2 Å². The summed E-state index contributed by atoms with van der Waals surface area (Å²) in [4.78, 5) is 15.3. The van der Waals surface area contributed by atoms with Crippen LogP contribution in [0.3, 0.4) is 0 Å². The maximum absolute atomic E-state index is 12.9. The standard InChI is InChI=1S/C26H36N2O/c29-24(27-25-21-13-18-12-19(15-21)16-22(25)14-18)17-28-10-8-26(9-11-28)7-3-5-20-4-1-2-6-23(20)26/h1-2,4,6,18-19,21-22,25H,3,5,7-17H2,(H,27,29). The van der Waals surface area contributed by atoms with Crippen molar-refractivity contribution in [3.63, 3.8) is 0 Å². The molecule has 6 aliphatic rings. The fraction of sp³-hybridized carbons (Fsp3) is 0.731. The zero-order chi connectivity index (χ0) is 19.4. The van der Waals surface area contributed by atoms with E-state index in [1.54, 1.807) is 11.1 Å². The van der Waals surface area contributed by atoms with Crippen LogP contribution in [0.5, 0.6) is 0 Å². The molecule has 29 heavy (non-hydrogen) atoms. The Kier molecular flexibility index (Phi) is 4.52. The van der Waals surface area contributed by atoms with E-state index in [9.17, 15) is 4.79 Å². The highest BCUT2D eigenvalue weighted by Crippen LogP contribution is 2.53. The molecule has 1 amide bonds. The molecule has 1 spiro atoms. The molecule has 0 aromatic heterocycles. The zero-order valence-electron chi connectivity index (χ0n) is 17.7. The lowest BCUT2D eigenvalue weighted by atomic mass is 9.54. The first kappa shape index (κ1) is 18.4. The largest absolute Gasteiger partial charge is 0.352 e. The van der Waals surface area contributed by atoms with E-state index in [-0.39, 0.29) is 0 Å². The Balaban J connectivity index is 1.06. The van der Waals surface area contributed by atoms with E-state index in [1.807, 2.05) is 0 Å². The van der Waals surface area contributed by atoms with Gasteiger partial charge in [0.1, 0.15) is 0 Å². The number of nitrogens with zero attached hydrogens (tertiary/aromatic N) is 1. The number of benzene rings is 1. The van der Waals surface area contributed by atoms with Crippen molar-refractivity contribution in [2.75, 3.05) is 19.6 Å². The van der Waals surface area contributed by atoms with Crippen LogP contribution < -0.4 is 5.32 Å². The first-order valence-corrected chi connectivity index (χ1v) is 12.3. The van der Waals surface area contributed by atoms with Gasteiger partial charge in [0.2, 0.25) is 5.91 Å². The molecule has 0 unspecified atom stereocenters. The Morgan fingerprint density at radius 1 is 0.966 bits per heavy atom. The second-order valence-electron chi connectivity index (χ2n) is 11.1. The number of likely N-dealkylation sites (tertiary alicyclic amines) is 1. The molecule has 5 aliphatic carbocycles. The van der Waals surface area contributed by atoms with Crippen LogP contribution >= 0.6 is 0 Å². The summed E-state index contributed by atoms with van der Waals surface area (Å²) in [6, 6.07) is 9.61. The van der Waals surface area contributed by atoms with Crippen molar-refractivity contribution >= 4 is 5.91 Å². The molecule has 4 bridgehead atoms. The monoisotopic (exact) mass is 392 g/mol. The van der Waals surface area contributed by atoms with Crippen LogP contribution in [0.25, 0.3) is 0 Å². The summed E-state index contributed by atoms with van der Waals surface area (Å²) >= 11 is 0. The van der Waals surface area contributed by atoms with Crippen molar-refractivity contribution in [2.24, 2.45) is 23.7 Å². The van der Waals surface area contributed by atoms with Gasteiger partial charge in [0, 0.05) is 6.04 Å². The average molecular weight is 393 g/mol. The van der Waals surface area contributed by atoms with Gasteiger partial charge in [0.05, 0.1) is 6.54 Å². The van der Waals surface area contributed by atoms with E-state index in [4.69, 9.17) is 0 Å². The van der Waals surface area contributed by atoms with Crippen molar-refractivity contribution in [3.05, 3.63) is 35.4 Å². The Bertz CT molecular complexity index is 751. The summed E-state index contributed by atoms with van der Waals surface area (Å²) in [6.07, 6.45) is 13.3. The molecule has 7 rings (SSSR count).